The molecule has 1 rings (SSSR count). The smallest absolute Gasteiger partial charge is 0.0398 e. The first-order chi connectivity index (χ1) is 7.72. The average molecular weight is 219 g/mol. The Morgan fingerprint density at radius 3 is 2.12 bits per heavy atom. The van der Waals surface area contributed by atoms with Crippen molar-refractivity contribution in [2.75, 3.05) is 18.0 Å². The van der Waals surface area contributed by atoms with Gasteiger partial charge in [-0.3, -0.25) is 0 Å². The highest BCUT2D eigenvalue weighted by molar-refractivity contribution is 5.55. The summed E-state index contributed by atoms with van der Waals surface area (Å²) in [7, 11) is 0. The first kappa shape index (κ1) is 13.1. The molecule has 16 heavy (non-hydrogen) atoms. The molecule has 1 aromatic rings. The number of benzene rings is 1. The summed E-state index contributed by atoms with van der Waals surface area (Å²) < 4.78 is 0. The summed E-state index contributed by atoms with van der Waals surface area (Å²) in [6, 6.07) is 6.85. The van der Waals surface area contributed by atoms with Gasteiger partial charge in [-0.1, -0.05) is 38.5 Å². The second-order valence-corrected chi connectivity index (χ2v) is 4.47. The second-order valence-electron chi connectivity index (χ2n) is 4.47. The normalized spacial score (nSPS) is 10.5. The summed E-state index contributed by atoms with van der Waals surface area (Å²) in [5, 5.41) is 0. The zero-order valence-electron chi connectivity index (χ0n) is 11.2. The van der Waals surface area contributed by atoms with Crippen LogP contribution in [0.3, 0.4) is 0 Å². The third-order valence-corrected chi connectivity index (χ3v) is 2.94. The van der Waals surface area contributed by atoms with Gasteiger partial charge >= 0.3 is 0 Å². The standard InChI is InChI=1S/C15H25N/c1-5-10-16(11-6-2)15-9-8-13(4)12-14(15)7-3/h8-9,12H,5-7,10-11H2,1-4H3. The van der Waals surface area contributed by atoms with E-state index in [1.807, 2.05) is 0 Å². The van der Waals surface area contributed by atoms with E-state index in [-0.39, 0.29) is 0 Å². The van der Waals surface area contributed by atoms with Crippen LogP contribution < -0.4 is 4.90 Å². The van der Waals surface area contributed by atoms with E-state index in [2.05, 4.69) is 50.8 Å². The van der Waals surface area contributed by atoms with Crippen LogP contribution >= 0.6 is 0 Å². The molecule has 1 heteroatoms. The maximum Gasteiger partial charge on any atom is 0.0398 e. The first-order valence-corrected chi connectivity index (χ1v) is 6.57. The summed E-state index contributed by atoms with van der Waals surface area (Å²) >= 11 is 0. The number of rotatable bonds is 6. The molecule has 90 valence electrons. The van der Waals surface area contributed by atoms with Gasteiger partial charge < -0.3 is 4.90 Å². The lowest BCUT2D eigenvalue weighted by molar-refractivity contribution is 0.740. The third-order valence-electron chi connectivity index (χ3n) is 2.94. The predicted octanol–water partition coefficient (Wildman–Crippen LogP) is 4.18. The molecule has 0 N–H and O–H groups in total. The van der Waals surface area contributed by atoms with Crippen LogP contribution in [0.2, 0.25) is 0 Å². The van der Waals surface area contributed by atoms with Gasteiger partial charge in [-0.15, -0.1) is 0 Å². The predicted molar refractivity (Wildman–Crippen MR) is 73.4 cm³/mol. The highest BCUT2D eigenvalue weighted by atomic mass is 15.1. The number of hydrogen-bond acceptors (Lipinski definition) is 1. The lowest BCUT2D eigenvalue weighted by atomic mass is 10.1. The average Bonchev–Trinajstić information content (AvgIpc) is 2.28. The summed E-state index contributed by atoms with van der Waals surface area (Å²) in [4.78, 5) is 2.53. The zero-order chi connectivity index (χ0) is 12.0. The van der Waals surface area contributed by atoms with Gasteiger partial charge in [0.2, 0.25) is 0 Å². The maximum atomic E-state index is 2.53. The van der Waals surface area contributed by atoms with Crippen molar-refractivity contribution in [1.29, 1.82) is 0 Å². The molecule has 0 unspecified atom stereocenters. The molecule has 0 saturated heterocycles. The van der Waals surface area contributed by atoms with Crippen molar-refractivity contribution in [3.63, 3.8) is 0 Å². The van der Waals surface area contributed by atoms with Crippen LogP contribution in [0.4, 0.5) is 5.69 Å². The maximum absolute atomic E-state index is 2.53. The van der Waals surface area contributed by atoms with Gasteiger partial charge in [0.05, 0.1) is 0 Å². The molecule has 0 aliphatic rings. The van der Waals surface area contributed by atoms with Gasteiger partial charge in [0.15, 0.2) is 0 Å². The molecule has 0 bridgehead atoms. The second kappa shape index (κ2) is 6.57. The van der Waals surface area contributed by atoms with Crippen molar-refractivity contribution in [1.82, 2.24) is 0 Å². The van der Waals surface area contributed by atoms with E-state index in [1.54, 1.807) is 0 Å². The van der Waals surface area contributed by atoms with Crippen LogP contribution in [0.1, 0.15) is 44.7 Å². The Kier molecular flexibility index (Phi) is 5.37. The summed E-state index contributed by atoms with van der Waals surface area (Å²) in [6.07, 6.45) is 3.56. The van der Waals surface area contributed by atoms with E-state index in [9.17, 15) is 0 Å². The molecule has 0 aliphatic heterocycles. The molecule has 1 nitrogen and oxygen atoms in total. The summed E-state index contributed by atoms with van der Waals surface area (Å²) in [5.41, 5.74) is 4.30. The highest BCUT2D eigenvalue weighted by Crippen LogP contribution is 2.23. The van der Waals surface area contributed by atoms with Gasteiger partial charge in [0.25, 0.3) is 0 Å². The molecule has 0 saturated carbocycles. The minimum Gasteiger partial charge on any atom is -0.371 e. The topological polar surface area (TPSA) is 3.24 Å². The molecular formula is C15H25N. The van der Waals surface area contributed by atoms with Gasteiger partial charge in [-0.25, -0.2) is 0 Å². The Morgan fingerprint density at radius 1 is 1.00 bits per heavy atom. The summed E-state index contributed by atoms with van der Waals surface area (Å²) in [6.45, 7) is 11.3. The van der Waals surface area contributed by atoms with E-state index < -0.39 is 0 Å². The largest absolute Gasteiger partial charge is 0.371 e. The molecular weight excluding hydrogens is 194 g/mol. The highest BCUT2D eigenvalue weighted by Gasteiger charge is 2.08. The van der Waals surface area contributed by atoms with Gasteiger partial charge in [-0.2, -0.15) is 0 Å². The molecule has 0 aromatic heterocycles. The lowest BCUT2D eigenvalue weighted by Crippen LogP contribution is -2.25. The molecule has 0 atom stereocenters. The Morgan fingerprint density at radius 2 is 1.62 bits per heavy atom. The van der Waals surface area contributed by atoms with E-state index in [0.717, 1.165) is 6.42 Å². The number of anilines is 1. The van der Waals surface area contributed by atoms with E-state index in [1.165, 1.54) is 42.7 Å². The fourth-order valence-corrected chi connectivity index (χ4v) is 2.20. The Bertz CT molecular complexity index is 311. The van der Waals surface area contributed by atoms with E-state index >= 15 is 0 Å². The van der Waals surface area contributed by atoms with E-state index in [4.69, 9.17) is 0 Å². The SMILES string of the molecule is CCCN(CCC)c1ccc(C)cc1CC. The van der Waals surface area contributed by atoms with Crippen LogP contribution in [-0.2, 0) is 6.42 Å². The number of hydrogen-bond donors (Lipinski definition) is 0. The van der Waals surface area contributed by atoms with Crippen molar-refractivity contribution in [3.05, 3.63) is 29.3 Å². The Hall–Kier alpha value is -0.980. The first-order valence-electron chi connectivity index (χ1n) is 6.57. The van der Waals surface area contributed by atoms with Crippen molar-refractivity contribution in [2.24, 2.45) is 0 Å². The van der Waals surface area contributed by atoms with Crippen molar-refractivity contribution < 1.29 is 0 Å². The summed E-state index contributed by atoms with van der Waals surface area (Å²) in [5.74, 6) is 0. The number of aryl methyl sites for hydroxylation is 2. The fraction of sp³-hybridized carbons (Fsp3) is 0.600. The fourth-order valence-electron chi connectivity index (χ4n) is 2.20. The third kappa shape index (κ3) is 3.26. The molecule has 0 spiro atoms. The minimum atomic E-state index is 1.13. The van der Waals surface area contributed by atoms with Crippen molar-refractivity contribution in [3.8, 4) is 0 Å². The monoisotopic (exact) mass is 219 g/mol. The minimum absolute atomic E-state index is 1.13. The molecule has 0 heterocycles. The Labute approximate surface area is 100 Å². The number of nitrogens with zero attached hydrogens (tertiary/aromatic N) is 1. The molecule has 0 amide bonds. The van der Waals surface area contributed by atoms with Crippen molar-refractivity contribution in [2.45, 2.75) is 47.0 Å². The lowest BCUT2D eigenvalue weighted by Gasteiger charge is -2.26. The Balaban J connectivity index is 2.97. The van der Waals surface area contributed by atoms with Crippen LogP contribution in [0.15, 0.2) is 18.2 Å². The molecule has 0 aliphatic carbocycles. The van der Waals surface area contributed by atoms with Crippen LogP contribution in [0.25, 0.3) is 0 Å². The van der Waals surface area contributed by atoms with E-state index in [0.29, 0.717) is 0 Å². The van der Waals surface area contributed by atoms with Gasteiger partial charge in [0, 0.05) is 18.8 Å². The molecule has 0 fully saturated rings. The molecule has 1 aromatic carbocycles. The van der Waals surface area contributed by atoms with Crippen LogP contribution in [-0.4, -0.2) is 13.1 Å². The van der Waals surface area contributed by atoms with Crippen LogP contribution in [0.5, 0.6) is 0 Å². The van der Waals surface area contributed by atoms with Gasteiger partial charge in [-0.05, 0) is 37.8 Å². The van der Waals surface area contributed by atoms with Crippen molar-refractivity contribution >= 4 is 5.69 Å². The van der Waals surface area contributed by atoms with Crippen LogP contribution in [0, 0.1) is 6.92 Å². The quantitative estimate of drug-likeness (QED) is 0.693. The van der Waals surface area contributed by atoms with Gasteiger partial charge in [0.1, 0.15) is 0 Å². The molecule has 0 radical (unpaired) electrons. The zero-order valence-corrected chi connectivity index (χ0v) is 11.2.